The first kappa shape index (κ1) is 14.1. The molecule has 3 rings (SSSR count). The van der Waals surface area contributed by atoms with Crippen molar-refractivity contribution in [2.45, 2.75) is 50.5 Å². The minimum Gasteiger partial charge on any atom is -0.480 e. The van der Waals surface area contributed by atoms with Gasteiger partial charge in [-0.2, -0.15) is 0 Å². The fourth-order valence-corrected chi connectivity index (χ4v) is 3.33. The molecule has 1 amide bonds. The number of hydrogen-bond donors (Lipinski definition) is 2. The molecule has 2 atom stereocenters. The summed E-state index contributed by atoms with van der Waals surface area (Å²) in [5, 5.41) is 11.9. The number of aryl methyl sites for hydroxylation is 1. The summed E-state index contributed by atoms with van der Waals surface area (Å²) >= 11 is 0. The van der Waals surface area contributed by atoms with Gasteiger partial charge in [-0.05, 0) is 55.1 Å². The van der Waals surface area contributed by atoms with Crippen LogP contribution >= 0.6 is 0 Å². The second-order valence-electron chi connectivity index (χ2n) is 6.21. The van der Waals surface area contributed by atoms with E-state index in [2.05, 4.69) is 17.4 Å². The monoisotopic (exact) mass is 287 g/mol. The van der Waals surface area contributed by atoms with Gasteiger partial charge in [0.05, 0.1) is 0 Å². The van der Waals surface area contributed by atoms with Gasteiger partial charge in [0, 0.05) is 6.42 Å². The fraction of sp³-hybridized carbons (Fsp3) is 0.529. The van der Waals surface area contributed by atoms with Crippen LogP contribution in [0.4, 0.5) is 0 Å². The molecule has 0 radical (unpaired) electrons. The van der Waals surface area contributed by atoms with Gasteiger partial charge >= 0.3 is 5.97 Å². The highest BCUT2D eigenvalue weighted by molar-refractivity contribution is 5.84. The summed E-state index contributed by atoms with van der Waals surface area (Å²) in [6.45, 7) is 0. The zero-order valence-electron chi connectivity index (χ0n) is 12.0. The third-order valence-corrected chi connectivity index (χ3v) is 4.60. The molecule has 2 aliphatic rings. The van der Waals surface area contributed by atoms with Gasteiger partial charge in [0.15, 0.2) is 0 Å². The predicted molar refractivity (Wildman–Crippen MR) is 79.0 cm³/mol. The number of fused-ring (bicyclic) bond motifs is 1. The maximum absolute atomic E-state index is 12.2. The number of aliphatic carboxylic acids is 1. The zero-order valence-corrected chi connectivity index (χ0v) is 12.0. The Morgan fingerprint density at radius 2 is 2.00 bits per heavy atom. The summed E-state index contributed by atoms with van der Waals surface area (Å²) in [6, 6.07) is 7.58. The maximum atomic E-state index is 12.2. The van der Waals surface area contributed by atoms with Crippen molar-refractivity contribution in [2.24, 2.45) is 5.92 Å². The molecule has 1 fully saturated rings. The average molecular weight is 287 g/mol. The molecule has 4 nitrogen and oxygen atoms in total. The molecule has 2 aliphatic carbocycles. The molecule has 0 aromatic heterocycles. The molecular weight excluding hydrogens is 266 g/mol. The Morgan fingerprint density at radius 3 is 2.71 bits per heavy atom. The third kappa shape index (κ3) is 3.26. The maximum Gasteiger partial charge on any atom is 0.326 e. The van der Waals surface area contributed by atoms with Gasteiger partial charge in [0.1, 0.15) is 6.04 Å². The summed E-state index contributed by atoms with van der Waals surface area (Å²) in [7, 11) is 0. The van der Waals surface area contributed by atoms with Crippen LogP contribution in [0.3, 0.4) is 0 Å². The molecule has 0 saturated heterocycles. The van der Waals surface area contributed by atoms with E-state index in [9.17, 15) is 14.7 Å². The van der Waals surface area contributed by atoms with Crippen molar-refractivity contribution in [1.29, 1.82) is 0 Å². The Balaban J connectivity index is 1.64. The van der Waals surface area contributed by atoms with E-state index in [1.165, 1.54) is 11.1 Å². The van der Waals surface area contributed by atoms with E-state index in [-0.39, 0.29) is 17.7 Å². The van der Waals surface area contributed by atoms with Gasteiger partial charge in [0.25, 0.3) is 0 Å². The lowest BCUT2D eigenvalue weighted by molar-refractivity contribution is -0.142. The number of carboxylic acids is 1. The number of carboxylic acid groups (broad SMARTS) is 1. The number of nitrogens with one attached hydrogen (secondary N) is 1. The molecule has 112 valence electrons. The topological polar surface area (TPSA) is 66.4 Å². The second kappa shape index (κ2) is 5.88. The summed E-state index contributed by atoms with van der Waals surface area (Å²) in [5.41, 5.74) is 2.59. The number of amides is 1. The molecule has 0 heterocycles. The summed E-state index contributed by atoms with van der Waals surface area (Å²) < 4.78 is 0. The van der Waals surface area contributed by atoms with Gasteiger partial charge in [-0.1, -0.05) is 24.3 Å². The normalized spacial score (nSPS) is 22.2. The number of carbonyl (C=O) groups is 2. The SMILES string of the molecule is O=C(CC1CCCc2ccccc21)NC(C(=O)O)C1CC1. The number of rotatable bonds is 5. The average Bonchev–Trinajstić information content (AvgIpc) is 3.29. The molecule has 1 aromatic carbocycles. The van der Waals surface area contributed by atoms with Gasteiger partial charge in [0.2, 0.25) is 5.91 Å². The molecule has 21 heavy (non-hydrogen) atoms. The Bertz CT molecular complexity index is 551. The fourth-order valence-electron chi connectivity index (χ4n) is 3.33. The van der Waals surface area contributed by atoms with Crippen LogP contribution in [-0.4, -0.2) is 23.0 Å². The van der Waals surface area contributed by atoms with Crippen LogP contribution < -0.4 is 5.32 Å². The predicted octanol–water partition coefficient (Wildman–Crippen LogP) is 2.48. The van der Waals surface area contributed by atoms with Crippen molar-refractivity contribution in [3.63, 3.8) is 0 Å². The number of hydrogen-bond acceptors (Lipinski definition) is 2. The van der Waals surface area contributed by atoms with Crippen LogP contribution in [0.2, 0.25) is 0 Å². The molecule has 0 bridgehead atoms. The highest BCUT2D eigenvalue weighted by Crippen LogP contribution is 2.35. The van der Waals surface area contributed by atoms with Crippen molar-refractivity contribution in [3.05, 3.63) is 35.4 Å². The van der Waals surface area contributed by atoms with Crippen molar-refractivity contribution >= 4 is 11.9 Å². The first-order chi connectivity index (χ1) is 10.1. The largest absolute Gasteiger partial charge is 0.480 e. The van der Waals surface area contributed by atoms with Crippen LogP contribution in [0.1, 0.15) is 49.1 Å². The Labute approximate surface area is 124 Å². The minimum atomic E-state index is -0.908. The number of carbonyl (C=O) groups excluding carboxylic acids is 1. The second-order valence-corrected chi connectivity index (χ2v) is 6.21. The molecule has 0 aliphatic heterocycles. The highest BCUT2D eigenvalue weighted by Gasteiger charge is 2.37. The van der Waals surface area contributed by atoms with Crippen molar-refractivity contribution in [3.8, 4) is 0 Å². The van der Waals surface area contributed by atoms with E-state index in [1.807, 2.05) is 12.1 Å². The van der Waals surface area contributed by atoms with E-state index < -0.39 is 12.0 Å². The molecular formula is C17H21NO3. The highest BCUT2D eigenvalue weighted by atomic mass is 16.4. The van der Waals surface area contributed by atoms with Crippen molar-refractivity contribution in [1.82, 2.24) is 5.32 Å². The molecule has 2 unspecified atom stereocenters. The van der Waals surface area contributed by atoms with Crippen LogP contribution in [0, 0.1) is 5.92 Å². The van der Waals surface area contributed by atoms with Gasteiger partial charge < -0.3 is 10.4 Å². The molecule has 1 aromatic rings. The lowest BCUT2D eigenvalue weighted by atomic mass is 9.81. The Kier molecular flexibility index (Phi) is 3.95. The minimum absolute atomic E-state index is 0.129. The third-order valence-electron chi connectivity index (χ3n) is 4.60. The van der Waals surface area contributed by atoms with Crippen molar-refractivity contribution in [2.75, 3.05) is 0 Å². The first-order valence-electron chi connectivity index (χ1n) is 7.75. The molecule has 4 heteroatoms. The van der Waals surface area contributed by atoms with E-state index >= 15 is 0 Å². The van der Waals surface area contributed by atoms with Crippen LogP contribution in [0.15, 0.2) is 24.3 Å². The van der Waals surface area contributed by atoms with Crippen LogP contribution in [0.5, 0.6) is 0 Å². The van der Waals surface area contributed by atoms with Crippen molar-refractivity contribution < 1.29 is 14.7 Å². The standard InChI is InChI=1S/C17H21NO3/c19-15(18-16(17(20)21)12-8-9-12)10-13-6-3-5-11-4-1-2-7-14(11)13/h1-2,4,7,12-13,16H,3,5-6,8-10H2,(H,18,19)(H,20,21). The summed E-state index contributed by atoms with van der Waals surface area (Å²) in [6.07, 6.45) is 5.39. The summed E-state index contributed by atoms with van der Waals surface area (Å²) in [4.78, 5) is 23.4. The number of benzene rings is 1. The Morgan fingerprint density at radius 1 is 1.24 bits per heavy atom. The van der Waals surface area contributed by atoms with Gasteiger partial charge in [-0.15, -0.1) is 0 Å². The van der Waals surface area contributed by atoms with Gasteiger partial charge in [-0.25, -0.2) is 4.79 Å². The zero-order chi connectivity index (χ0) is 14.8. The van der Waals surface area contributed by atoms with Gasteiger partial charge in [-0.3, -0.25) is 4.79 Å². The van der Waals surface area contributed by atoms with Crippen LogP contribution in [-0.2, 0) is 16.0 Å². The van der Waals surface area contributed by atoms with E-state index in [1.54, 1.807) is 0 Å². The smallest absolute Gasteiger partial charge is 0.326 e. The lowest BCUT2D eigenvalue weighted by Crippen LogP contribution is -2.42. The van der Waals surface area contributed by atoms with E-state index in [4.69, 9.17) is 0 Å². The Hall–Kier alpha value is -1.84. The molecule has 2 N–H and O–H groups in total. The quantitative estimate of drug-likeness (QED) is 0.874. The summed E-state index contributed by atoms with van der Waals surface area (Å²) in [5.74, 6) is -0.681. The van der Waals surface area contributed by atoms with E-state index in [0.29, 0.717) is 6.42 Å². The lowest BCUT2D eigenvalue weighted by Gasteiger charge is -2.25. The first-order valence-corrected chi connectivity index (χ1v) is 7.75. The van der Waals surface area contributed by atoms with Crippen LogP contribution in [0.25, 0.3) is 0 Å². The van der Waals surface area contributed by atoms with E-state index in [0.717, 1.165) is 32.1 Å². The molecule has 1 saturated carbocycles. The molecule has 0 spiro atoms.